The van der Waals surface area contributed by atoms with Crippen LogP contribution in [0.5, 0.6) is 0 Å². The van der Waals surface area contributed by atoms with Gasteiger partial charge >= 0.3 is 0 Å². The van der Waals surface area contributed by atoms with Gasteiger partial charge in [-0.15, -0.1) is 11.3 Å². The van der Waals surface area contributed by atoms with E-state index in [4.69, 9.17) is 0 Å². The van der Waals surface area contributed by atoms with E-state index < -0.39 is 0 Å². The Balaban J connectivity index is 1.78. The van der Waals surface area contributed by atoms with E-state index in [1.165, 1.54) is 4.88 Å². The molecule has 3 nitrogen and oxygen atoms in total. The molecule has 1 fully saturated rings. The van der Waals surface area contributed by atoms with Gasteiger partial charge in [0, 0.05) is 30.4 Å². The first-order valence-electron chi connectivity index (χ1n) is 7.34. The Morgan fingerprint density at radius 3 is 3.11 bits per heavy atom. The second kappa shape index (κ2) is 7.65. The Morgan fingerprint density at radius 1 is 1.58 bits per heavy atom. The SMILES string of the molecule is CCCN(C(=O)CCCc1cccs1)C1CCNC1. The number of carbonyl (C=O) groups is 1. The van der Waals surface area contributed by atoms with Crippen LogP contribution in [0.25, 0.3) is 0 Å². The maximum atomic E-state index is 12.4. The number of carbonyl (C=O) groups excluding carboxylic acids is 1. The third kappa shape index (κ3) is 4.32. The maximum absolute atomic E-state index is 12.4. The zero-order valence-electron chi connectivity index (χ0n) is 11.7. The van der Waals surface area contributed by atoms with Gasteiger partial charge < -0.3 is 10.2 Å². The Kier molecular flexibility index (Phi) is 5.86. The monoisotopic (exact) mass is 280 g/mol. The number of thiophene rings is 1. The molecule has 1 amide bonds. The van der Waals surface area contributed by atoms with Gasteiger partial charge in [-0.2, -0.15) is 0 Å². The van der Waals surface area contributed by atoms with Crippen molar-refractivity contribution in [2.24, 2.45) is 0 Å². The smallest absolute Gasteiger partial charge is 0.222 e. The minimum atomic E-state index is 0.340. The van der Waals surface area contributed by atoms with Crippen molar-refractivity contribution in [3.8, 4) is 0 Å². The fourth-order valence-electron chi connectivity index (χ4n) is 2.67. The quantitative estimate of drug-likeness (QED) is 0.833. The number of nitrogens with zero attached hydrogens (tertiary/aromatic N) is 1. The van der Waals surface area contributed by atoms with Crippen molar-refractivity contribution in [3.63, 3.8) is 0 Å². The van der Waals surface area contributed by atoms with Gasteiger partial charge in [0.25, 0.3) is 0 Å². The van der Waals surface area contributed by atoms with Crippen LogP contribution >= 0.6 is 11.3 Å². The summed E-state index contributed by atoms with van der Waals surface area (Å²) in [6.07, 6.45) is 4.85. The summed E-state index contributed by atoms with van der Waals surface area (Å²) in [5, 5.41) is 5.45. The molecule has 1 unspecified atom stereocenters. The fraction of sp³-hybridized carbons (Fsp3) is 0.667. The highest BCUT2D eigenvalue weighted by Gasteiger charge is 2.25. The van der Waals surface area contributed by atoms with Crippen LogP contribution in [-0.4, -0.2) is 36.5 Å². The minimum Gasteiger partial charge on any atom is -0.338 e. The summed E-state index contributed by atoms with van der Waals surface area (Å²) >= 11 is 1.78. The first-order valence-corrected chi connectivity index (χ1v) is 8.21. The van der Waals surface area contributed by atoms with Crippen LogP contribution in [0.1, 0.15) is 37.5 Å². The molecular formula is C15H24N2OS. The molecule has 19 heavy (non-hydrogen) atoms. The summed E-state index contributed by atoms with van der Waals surface area (Å²) < 4.78 is 0. The largest absolute Gasteiger partial charge is 0.338 e. The van der Waals surface area contributed by atoms with Gasteiger partial charge in [-0.25, -0.2) is 0 Å². The van der Waals surface area contributed by atoms with Gasteiger partial charge in [0.05, 0.1) is 0 Å². The van der Waals surface area contributed by atoms with Crippen LogP contribution in [0, 0.1) is 0 Å². The average Bonchev–Trinajstić information content (AvgIpc) is 3.08. The van der Waals surface area contributed by atoms with Crippen molar-refractivity contribution < 1.29 is 4.79 Å². The zero-order valence-corrected chi connectivity index (χ0v) is 12.5. The number of hydrogen-bond donors (Lipinski definition) is 1. The van der Waals surface area contributed by atoms with Crippen LogP contribution in [0.4, 0.5) is 0 Å². The number of aryl methyl sites for hydroxylation is 1. The second-order valence-electron chi connectivity index (χ2n) is 5.17. The molecule has 1 aromatic rings. The fourth-order valence-corrected chi connectivity index (χ4v) is 3.42. The Labute approximate surface area is 120 Å². The molecule has 0 radical (unpaired) electrons. The van der Waals surface area contributed by atoms with Crippen LogP contribution in [0.15, 0.2) is 17.5 Å². The summed E-state index contributed by atoms with van der Waals surface area (Å²) in [6, 6.07) is 4.66. The van der Waals surface area contributed by atoms with E-state index in [0.29, 0.717) is 18.4 Å². The molecule has 0 spiro atoms. The molecule has 106 valence electrons. The van der Waals surface area contributed by atoms with Crippen LogP contribution in [0.3, 0.4) is 0 Å². The predicted molar refractivity (Wildman–Crippen MR) is 80.5 cm³/mol. The van der Waals surface area contributed by atoms with Gasteiger partial charge in [-0.05, 0) is 43.7 Å². The molecule has 1 aromatic heterocycles. The van der Waals surface area contributed by atoms with E-state index in [1.54, 1.807) is 11.3 Å². The lowest BCUT2D eigenvalue weighted by molar-refractivity contribution is -0.133. The molecular weight excluding hydrogens is 256 g/mol. The molecule has 1 aliphatic rings. The predicted octanol–water partition coefficient (Wildman–Crippen LogP) is 2.67. The Bertz CT molecular complexity index is 372. The number of rotatable bonds is 7. The van der Waals surface area contributed by atoms with Crippen molar-refractivity contribution in [1.82, 2.24) is 10.2 Å². The van der Waals surface area contributed by atoms with Crippen molar-refractivity contribution in [3.05, 3.63) is 22.4 Å². The first kappa shape index (κ1) is 14.5. The molecule has 1 N–H and O–H groups in total. The lowest BCUT2D eigenvalue weighted by Crippen LogP contribution is -2.42. The molecule has 4 heteroatoms. The van der Waals surface area contributed by atoms with Crippen LogP contribution in [0.2, 0.25) is 0 Å². The third-order valence-electron chi connectivity index (χ3n) is 3.65. The highest BCUT2D eigenvalue weighted by Crippen LogP contribution is 2.15. The summed E-state index contributed by atoms with van der Waals surface area (Å²) in [4.78, 5) is 15.8. The van der Waals surface area contributed by atoms with Crippen molar-refractivity contribution in [2.45, 2.75) is 45.1 Å². The van der Waals surface area contributed by atoms with Gasteiger partial charge in [-0.3, -0.25) is 4.79 Å². The molecule has 0 bridgehead atoms. The zero-order chi connectivity index (χ0) is 13.5. The van der Waals surface area contributed by atoms with Gasteiger partial charge in [0.1, 0.15) is 0 Å². The molecule has 0 aliphatic carbocycles. The highest BCUT2D eigenvalue weighted by molar-refractivity contribution is 7.09. The maximum Gasteiger partial charge on any atom is 0.222 e. The molecule has 2 heterocycles. The van der Waals surface area contributed by atoms with Crippen LogP contribution < -0.4 is 5.32 Å². The molecule has 1 saturated heterocycles. The second-order valence-corrected chi connectivity index (χ2v) is 6.20. The van der Waals surface area contributed by atoms with Gasteiger partial charge in [0.2, 0.25) is 5.91 Å². The van der Waals surface area contributed by atoms with E-state index in [2.05, 4.69) is 34.7 Å². The lowest BCUT2D eigenvalue weighted by atomic mass is 10.1. The third-order valence-corrected chi connectivity index (χ3v) is 4.59. The molecule has 0 saturated carbocycles. The Morgan fingerprint density at radius 2 is 2.47 bits per heavy atom. The van der Waals surface area contributed by atoms with E-state index in [1.807, 2.05) is 0 Å². The summed E-state index contributed by atoms with van der Waals surface area (Å²) in [7, 11) is 0. The molecule has 0 aromatic carbocycles. The average molecular weight is 280 g/mol. The summed E-state index contributed by atoms with van der Waals surface area (Å²) in [6.45, 7) is 5.07. The molecule has 1 aliphatic heterocycles. The van der Waals surface area contributed by atoms with E-state index in [-0.39, 0.29) is 0 Å². The van der Waals surface area contributed by atoms with Crippen LogP contribution in [-0.2, 0) is 11.2 Å². The van der Waals surface area contributed by atoms with E-state index in [0.717, 1.165) is 45.3 Å². The minimum absolute atomic E-state index is 0.340. The van der Waals surface area contributed by atoms with Crippen molar-refractivity contribution in [2.75, 3.05) is 19.6 Å². The van der Waals surface area contributed by atoms with Crippen molar-refractivity contribution in [1.29, 1.82) is 0 Å². The number of hydrogen-bond acceptors (Lipinski definition) is 3. The van der Waals surface area contributed by atoms with E-state index >= 15 is 0 Å². The topological polar surface area (TPSA) is 32.3 Å². The normalized spacial score (nSPS) is 18.7. The van der Waals surface area contributed by atoms with Crippen molar-refractivity contribution >= 4 is 17.2 Å². The molecule has 2 rings (SSSR count). The highest BCUT2D eigenvalue weighted by atomic mass is 32.1. The lowest BCUT2D eigenvalue weighted by Gasteiger charge is -2.28. The standard InChI is InChI=1S/C15H24N2OS/c1-2-10-17(13-8-9-16-12-13)15(18)7-3-5-14-6-4-11-19-14/h4,6,11,13,16H,2-3,5,7-10,12H2,1H3. The Hall–Kier alpha value is -0.870. The van der Waals surface area contributed by atoms with Gasteiger partial charge in [-0.1, -0.05) is 13.0 Å². The molecule has 1 atom stereocenters. The summed E-state index contributed by atoms with van der Waals surface area (Å²) in [5.41, 5.74) is 0. The summed E-state index contributed by atoms with van der Waals surface area (Å²) in [5.74, 6) is 0.340. The first-order chi connectivity index (χ1) is 9.31. The number of amides is 1. The van der Waals surface area contributed by atoms with Gasteiger partial charge in [0.15, 0.2) is 0 Å². The number of nitrogens with one attached hydrogen (secondary N) is 1. The van der Waals surface area contributed by atoms with E-state index in [9.17, 15) is 4.79 Å².